The van der Waals surface area contributed by atoms with Crippen molar-refractivity contribution >= 4 is 10.9 Å². The Morgan fingerprint density at radius 2 is 1.58 bits per heavy atom. The lowest BCUT2D eigenvalue weighted by Crippen LogP contribution is -2.00. The van der Waals surface area contributed by atoms with Crippen molar-refractivity contribution in [2.24, 2.45) is 0 Å². The molecule has 0 saturated heterocycles. The largest absolute Gasteiger partial charge is 0.490 e. The number of benzene rings is 3. The third kappa shape index (κ3) is 3.42. The van der Waals surface area contributed by atoms with Gasteiger partial charge in [-0.05, 0) is 42.8 Å². The fourth-order valence-electron chi connectivity index (χ4n) is 3.03. The third-order valence-electron chi connectivity index (χ3n) is 4.32. The number of nitrogens with one attached hydrogen (secondary N) is 1. The van der Waals surface area contributed by atoms with Gasteiger partial charge in [0.1, 0.15) is 6.61 Å². The van der Waals surface area contributed by atoms with Gasteiger partial charge in [0, 0.05) is 22.2 Å². The van der Waals surface area contributed by atoms with Crippen molar-refractivity contribution in [2.75, 3.05) is 6.61 Å². The molecule has 0 aliphatic carbocycles. The minimum Gasteiger partial charge on any atom is -0.490 e. The van der Waals surface area contributed by atoms with Crippen LogP contribution in [0.3, 0.4) is 0 Å². The molecule has 0 aliphatic rings. The van der Waals surface area contributed by atoms with E-state index in [1.807, 2.05) is 49.4 Å². The molecule has 0 unspecified atom stereocenters. The highest BCUT2D eigenvalue weighted by atomic mass is 16.5. The predicted molar refractivity (Wildman–Crippen MR) is 106 cm³/mol. The van der Waals surface area contributed by atoms with Gasteiger partial charge in [-0.2, -0.15) is 0 Å². The maximum absolute atomic E-state index is 6.07. The number of H-pyrrole nitrogens is 1. The van der Waals surface area contributed by atoms with Crippen LogP contribution in [0.2, 0.25) is 0 Å². The van der Waals surface area contributed by atoms with Gasteiger partial charge in [0.05, 0.1) is 6.61 Å². The molecule has 3 heteroatoms. The van der Waals surface area contributed by atoms with Crippen molar-refractivity contribution in [1.29, 1.82) is 0 Å². The number of rotatable bonds is 6. The summed E-state index contributed by atoms with van der Waals surface area (Å²) in [6.45, 7) is 3.09. The first-order chi connectivity index (χ1) is 12.8. The summed E-state index contributed by atoms with van der Waals surface area (Å²) in [6, 6.07) is 26.7. The quantitative estimate of drug-likeness (QED) is 0.479. The molecule has 0 atom stereocenters. The highest BCUT2D eigenvalue weighted by molar-refractivity contribution is 5.86. The van der Waals surface area contributed by atoms with Gasteiger partial charge in [0.25, 0.3) is 0 Å². The van der Waals surface area contributed by atoms with E-state index in [1.54, 1.807) is 0 Å². The van der Waals surface area contributed by atoms with Gasteiger partial charge in [-0.3, -0.25) is 0 Å². The van der Waals surface area contributed by atoms with E-state index in [9.17, 15) is 0 Å². The SMILES string of the molecule is CCOc1ccc(-c2cc3ccccc3[nH]2)cc1OCc1ccccc1. The maximum atomic E-state index is 6.07. The van der Waals surface area contributed by atoms with Crippen molar-refractivity contribution in [2.45, 2.75) is 13.5 Å². The van der Waals surface area contributed by atoms with E-state index in [-0.39, 0.29) is 0 Å². The van der Waals surface area contributed by atoms with Crippen LogP contribution in [0.1, 0.15) is 12.5 Å². The second kappa shape index (κ2) is 7.36. The molecule has 130 valence electrons. The Morgan fingerprint density at radius 1 is 0.769 bits per heavy atom. The predicted octanol–water partition coefficient (Wildman–Crippen LogP) is 5.81. The van der Waals surface area contributed by atoms with Crippen LogP contribution in [0.4, 0.5) is 0 Å². The minimum atomic E-state index is 0.511. The Hall–Kier alpha value is -3.20. The minimum absolute atomic E-state index is 0.511. The fourth-order valence-corrected chi connectivity index (χ4v) is 3.03. The van der Waals surface area contributed by atoms with Crippen molar-refractivity contribution in [3.63, 3.8) is 0 Å². The number of hydrogen-bond acceptors (Lipinski definition) is 2. The zero-order valence-corrected chi connectivity index (χ0v) is 14.7. The third-order valence-corrected chi connectivity index (χ3v) is 4.32. The molecule has 0 amide bonds. The molecule has 0 saturated carbocycles. The number of ether oxygens (including phenoxy) is 2. The molecule has 0 aliphatic heterocycles. The van der Waals surface area contributed by atoms with Crippen LogP contribution in [-0.4, -0.2) is 11.6 Å². The van der Waals surface area contributed by atoms with Gasteiger partial charge in [0.15, 0.2) is 11.5 Å². The van der Waals surface area contributed by atoms with Crippen molar-refractivity contribution in [1.82, 2.24) is 4.98 Å². The Labute approximate surface area is 153 Å². The first-order valence-electron chi connectivity index (χ1n) is 8.85. The molecule has 1 heterocycles. The molecule has 0 fully saturated rings. The normalized spacial score (nSPS) is 10.8. The Kier molecular flexibility index (Phi) is 4.61. The molecule has 4 rings (SSSR count). The summed E-state index contributed by atoms with van der Waals surface area (Å²) in [7, 11) is 0. The summed E-state index contributed by atoms with van der Waals surface area (Å²) >= 11 is 0. The van der Waals surface area contributed by atoms with E-state index in [2.05, 4.69) is 41.4 Å². The number of aromatic nitrogens is 1. The molecule has 0 spiro atoms. The van der Waals surface area contributed by atoms with Crippen LogP contribution >= 0.6 is 0 Å². The average molecular weight is 343 g/mol. The van der Waals surface area contributed by atoms with Gasteiger partial charge < -0.3 is 14.5 Å². The van der Waals surface area contributed by atoms with Crippen LogP contribution in [0, 0.1) is 0 Å². The maximum Gasteiger partial charge on any atom is 0.162 e. The topological polar surface area (TPSA) is 34.2 Å². The Balaban J connectivity index is 1.65. The van der Waals surface area contributed by atoms with Gasteiger partial charge in [0.2, 0.25) is 0 Å². The van der Waals surface area contributed by atoms with Crippen LogP contribution in [0.25, 0.3) is 22.2 Å². The Morgan fingerprint density at radius 3 is 2.38 bits per heavy atom. The molecule has 1 aromatic heterocycles. The number of para-hydroxylation sites is 1. The second-order valence-corrected chi connectivity index (χ2v) is 6.14. The van der Waals surface area contributed by atoms with Crippen LogP contribution in [-0.2, 0) is 6.61 Å². The van der Waals surface area contributed by atoms with Crippen LogP contribution in [0.5, 0.6) is 11.5 Å². The lowest BCUT2D eigenvalue weighted by molar-refractivity contribution is 0.269. The highest BCUT2D eigenvalue weighted by Gasteiger charge is 2.10. The molecule has 1 N–H and O–H groups in total. The van der Waals surface area contributed by atoms with Gasteiger partial charge in [-0.25, -0.2) is 0 Å². The molecular formula is C23H21NO2. The van der Waals surface area contributed by atoms with Crippen molar-refractivity contribution < 1.29 is 9.47 Å². The molecule has 0 bridgehead atoms. The van der Waals surface area contributed by atoms with Crippen molar-refractivity contribution in [3.05, 3.63) is 84.4 Å². The summed E-state index contributed by atoms with van der Waals surface area (Å²) < 4.78 is 11.8. The summed E-state index contributed by atoms with van der Waals surface area (Å²) in [5.41, 5.74) is 4.40. The summed E-state index contributed by atoms with van der Waals surface area (Å²) in [5.74, 6) is 1.52. The number of aromatic amines is 1. The smallest absolute Gasteiger partial charge is 0.162 e. The summed E-state index contributed by atoms with van der Waals surface area (Å²) in [4.78, 5) is 3.47. The zero-order chi connectivity index (χ0) is 17.8. The van der Waals surface area contributed by atoms with Crippen LogP contribution < -0.4 is 9.47 Å². The Bertz CT molecular complexity index is 972. The van der Waals surface area contributed by atoms with Crippen molar-refractivity contribution in [3.8, 4) is 22.8 Å². The zero-order valence-electron chi connectivity index (χ0n) is 14.7. The highest BCUT2D eigenvalue weighted by Crippen LogP contribution is 2.34. The van der Waals surface area contributed by atoms with Gasteiger partial charge in [-0.1, -0.05) is 48.5 Å². The molecule has 3 nitrogen and oxygen atoms in total. The molecule has 26 heavy (non-hydrogen) atoms. The second-order valence-electron chi connectivity index (χ2n) is 6.14. The lowest BCUT2D eigenvalue weighted by Gasteiger charge is -2.13. The van der Waals surface area contributed by atoms with E-state index in [0.29, 0.717) is 13.2 Å². The molecular weight excluding hydrogens is 322 g/mol. The van der Waals surface area contributed by atoms with E-state index in [4.69, 9.17) is 9.47 Å². The van der Waals surface area contributed by atoms with Gasteiger partial charge >= 0.3 is 0 Å². The monoisotopic (exact) mass is 343 g/mol. The summed E-state index contributed by atoms with van der Waals surface area (Å²) in [5, 5.41) is 1.20. The number of fused-ring (bicyclic) bond motifs is 1. The fraction of sp³-hybridized carbons (Fsp3) is 0.130. The van der Waals surface area contributed by atoms with Gasteiger partial charge in [-0.15, -0.1) is 0 Å². The van der Waals surface area contributed by atoms with E-state index >= 15 is 0 Å². The van der Waals surface area contributed by atoms with E-state index in [0.717, 1.165) is 33.8 Å². The standard InChI is InChI=1S/C23H21NO2/c1-2-25-22-13-12-19(21-14-18-10-6-7-11-20(18)24-21)15-23(22)26-16-17-8-4-3-5-9-17/h3-15,24H,2,16H2,1H3. The molecule has 0 radical (unpaired) electrons. The van der Waals surface area contributed by atoms with Crippen LogP contribution in [0.15, 0.2) is 78.9 Å². The summed E-state index contributed by atoms with van der Waals surface area (Å²) in [6.07, 6.45) is 0. The first kappa shape index (κ1) is 16.3. The van der Waals surface area contributed by atoms with E-state index < -0.39 is 0 Å². The molecule has 4 aromatic rings. The average Bonchev–Trinajstić information content (AvgIpc) is 3.12. The number of hydrogen-bond donors (Lipinski definition) is 1. The molecule has 3 aromatic carbocycles. The lowest BCUT2D eigenvalue weighted by atomic mass is 10.1. The first-order valence-corrected chi connectivity index (χ1v) is 8.85. The van der Waals surface area contributed by atoms with E-state index in [1.165, 1.54) is 5.39 Å².